The second-order valence-electron chi connectivity index (χ2n) is 11.1. The van der Waals surface area contributed by atoms with E-state index in [4.69, 9.17) is 18.9 Å². The summed E-state index contributed by atoms with van der Waals surface area (Å²) in [6, 6.07) is 27.0. The molecule has 0 radical (unpaired) electrons. The lowest BCUT2D eigenvalue weighted by atomic mass is 9.99. The van der Waals surface area contributed by atoms with Gasteiger partial charge >= 0.3 is 0 Å². The Morgan fingerprint density at radius 2 is 0.816 bits per heavy atom. The molecule has 0 saturated carbocycles. The van der Waals surface area contributed by atoms with Crippen LogP contribution < -0.4 is 9.80 Å². The van der Waals surface area contributed by atoms with Crippen LogP contribution in [0.2, 0.25) is 0 Å². The molecule has 7 rings (SSSR count). The molecule has 4 aliphatic heterocycles. The lowest BCUT2D eigenvalue weighted by Gasteiger charge is -2.24. The zero-order chi connectivity index (χ0) is 25.3. The maximum atomic E-state index is 5.50. The van der Waals surface area contributed by atoms with Crippen molar-refractivity contribution in [3.8, 4) is 0 Å². The van der Waals surface area contributed by atoms with Crippen LogP contribution in [0.15, 0.2) is 72.8 Å². The monoisotopic (exact) mass is 512 g/mol. The molecule has 38 heavy (non-hydrogen) atoms. The van der Waals surface area contributed by atoms with Gasteiger partial charge in [-0.3, -0.25) is 0 Å². The largest absolute Gasteiger partial charge is 0.371 e. The lowest BCUT2D eigenvalue weighted by molar-refractivity contribution is 0.388. The third-order valence-electron chi connectivity index (χ3n) is 7.70. The highest BCUT2D eigenvalue weighted by atomic mass is 16.6. The van der Waals surface area contributed by atoms with Crippen LogP contribution in [0.1, 0.15) is 22.3 Å². The van der Waals surface area contributed by atoms with Crippen LogP contribution in [0.3, 0.4) is 0 Å². The van der Waals surface area contributed by atoms with Crippen LogP contribution in [-0.2, 0) is 31.8 Å². The molecule has 6 heteroatoms. The SMILES string of the molecule is c1cc(Cc2ccc(Cc3cccc(N(CC4CO4)CC4CO4)c3)cc2)cc(N(CC2CO2)CC2CO2)c1. The van der Waals surface area contributed by atoms with Crippen molar-refractivity contribution >= 4 is 11.4 Å². The van der Waals surface area contributed by atoms with E-state index in [-0.39, 0.29) is 0 Å². The smallest absolute Gasteiger partial charge is 0.0984 e. The van der Waals surface area contributed by atoms with Gasteiger partial charge in [-0.1, -0.05) is 48.5 Å². The first-order valence-electron chi connectivity index (χ1n) is 14.0. The molecule has 198 valence electrons. The number of ether oxygens (including phenoxy) is 4. The standard InChI is InChI=1S/C32H36N2O4/c1-3-25(13-27(5-1)33(15-29-19-35-29)16-30-20-36-30)11-23-7-9-24(10-8-23)12-26-4-2-6-28(14-26)34(17-31-21-37-31)18-32-22-38-32/h1-10,13-14,29-32H,11-12,15-22H2. The van der Waals surface area contributed by atoms with Crippen molar-refractivity contribution < 1.29 is 18.9 Å². The normalized spacial score (nSPS) is 24.6. The zero-order valence-corrected chi connectivity index (χ0v) is 21.8. The summed E-state index contributed by atoms with van der Waals surface area (Å²) in [5.41, 5.74) is 7.87. The second kappa shape index (κ2) is 10.7. The first-order valence-corrected chi connectivity index (χ1v) is 14.0. The highest BCUT2D eigenvalue weighted by Gasteiger charge is 2.32. The van der Waals surface area contributed by atoms with Gasteiger partial charge in [0.25, 0.3) is 0 Å². The zero-order valence-electron chi connectivity index (χ0n) is 21.8. The summed E-state index contributed by atoms with van der Waals surface area (Å²) in [5.74, 6) is 0. The Bertz CT molecular complexity index is 1110. The molecule has 4 unspecified atom stereocenters. The summed E-state index contributed by atoms with van der Waals surface area (Å²) in [6.07, 6.45) is 3.33. The minimum atomic E-state index is 0.369. The number of nitrogens with zero attached hydrogens (tertiary/aromatic N) is 2. The highest BCUT2D eigenvalue weighted by Crippen LogP contribution is 2.26. The molecule has 0 amide bonds. The maximum Gasteiger partial charge on any atom is 0.0984 e. The van der Waals surface area contributed by atoms with Gasteiger partial charge in [0.15, 0.2) is 0 Å². The van der Waals surface area contributed by atoms with E-state index < -0.39 is 0 Å². The van der Waals surface area contributed by atoms with Gasteiger partial charge in [-0.05, 0) is 59.4 Å². The number of rotatable bonds is 14. The first-order chi connectivity index (χ1) is 18.7. The molecule has 4 fully saturated rings. The van der Waals surface area contributed by atoms with E-state index in [1.165, 1.54) is 33.6 Å². The Morgan fingerprint density at radius 3 is 1.13 bits per heavy atom. The Balaban J connectivity index is 0.992. The number of hydrogen-bond donors (Lipinski definition) is 0. The van der Waals surface area contributed by atoms with E-state index >= 15 is 0 Å². The molecule has 4 saturated heterocycles. The summed E-state index contributed by atoms with van der Waals surface area (Å²) in [5, 5.41) is 0. The van der Waals surface area contributed by atoms with Gasteiger partial charge < -0.3 is 28.7 Å². The Morgan fingerprint density at radius 1 is 0.474 bits per heavy atom. The molecule has 4 aliphatic rings. The molecule has 0 aliphatic carbocycles. The fourth-order valence-corrected chi connectivity index (χ4v) is 5.22. The first kappa shape index (κ1) is 24.2. The number of hydrogen-bond acceptors (Lipinski definition) is 6. The third-order valence-corrected chi connectivity index (χ3v) is 7.70. The van der Waals surface area contributed by atoms with Crippen molar-refractivity contribution in [3.63, 3.8) is 0 Å². The number of epoxide rings is 4. The maximum absolute atomic E-state index is 5.50. The van der Waals surface area contributed by atoms with Crippen molar-refractivity contribution in [2.45, 2.75) is 37.3 Å². The van der Waals surface area contributed by atoms with Crippen LogP contribution in [0.4, 0.5) is 11.4 Å². The van der Waals surface area contributed by atoms with Crippen LogP contribution >= 0.6 is 0 Å². The fourth-order valence-electron chi connectivity index (χ4n) is 5.22. The predicted molar refractivity (Wildman–Crippen MR) is 148 cm³/mol. The van der Waals surface area contributed by atoms with Gasteiger partial charge in [0.05, 0.1) is 50.8 Å². The van der Waals surface area contributed by atoms with Gasteiger partial charge in [-0.25, -0.2) is 0 Å². The van der Waals surface area contributed by atoms with Gasteiger partial charge in [0.1, 0.15) is 0 Å². The van der Waals surface area contributed by atoms with Crippen LogP contribution in [-0.4, -0.2) is 77.0 Å². The van der Waals surface area contributed by atoms with E-state index in [1.807, 2.05) is 0 Å². The van der Waals surface area contributed by atoms with Crippen molar-refractivity contribution in [2.75, 3.05) is 62.4 Å². The van der Waals surface area contributed by atoms with E-state index in [0.717, 1.165) is 65.4 Å². The Labute approximate surface area is 225 Å². The molecular weight excluding hydrogens is 476 g/mol. The van der Waals surface area contributed by atoms with Crippen LogP contribution in [0, 0.1) is 0 Å². The number of benzene rings is 3. The molecule has 0 bridgehead atoms. The molecule has 4 atom stereocenters. The van der Waals surface area contributed by atoms with Gasteiger partial charge in [-0.15, -0.1) is 0 Å². The lowest BCUT2D eigenvalue weighted by Crippen LogP contribution is -2.31. The molecule has 3 aromatic rings. The number of anilines is 2. The average Bonchev–Trinajstić information content (AvgIpc) is 3.75. The van der Waals surface area contributed by atoms with Gasteiger partial charge in [0, 0.05) is 37.6 Å². The Hall–Kier alpha value is -2.90. The second-order valence-corrected chi connectivity index (χ2v) is 11.1. The van der Waals surface area contributed by atoms with E-state index in [0.29, 0.717) is 24.4 Å². The predicted octanol–water partition coefficient (Wildman–Crippen LogP) is 4.08. The fraction of sp³-hybridized carbons (Fsp3) is 0.438. The van der Waals surface area contributed by atoms with Gasteiger partial charge in [-0.2, -0.15) is 0 Å². The third kappa shape index (κ3) is 6.75. The summed E-state index contributed by atoms with van der Waals surface area (Å²) in [7, 11) is 0. The van der Waals surface area contributed by atoms with Crippen molar-refractivity contribution in [1.82, 2.24) is 0 Å². The molecule has 6 nitrogen and oxygen atoms in total. The molecule has 0 spiro atoms. The molecule has 3 aromatic carbocycles. The van der Waals surface area contributed by atoms with Gasteiger partial charge in [0.2, 0.25) is 0 Å². The summed E-state index contributed by atoms with van der Waals surface area (Å²) >= 11 is 0. The van der Waals surface area contributed by atoms with Crippen LogP contribution in [0.5, 0.6) is 0 Å². The van der Waals surface area contributed by atoms with Crippen molar-refractivity contribution in [3.05, 3.63) is 95.1 Å². The molecule has 4 heterocycles. The quantitative estimate of drug-likeness (QED) is 0.304. The highest BCUT2D eigenvalue weighted by molar-refractivity contribution is 5.51. The topological polar surface area (TPSA) is 56.6 Å². The minimum Gasteiger partial charge on any atom is -0.371 e. The summed E-state index contributed by atoms with van der Waals surface area (Å²) in [4.78, 5) is 4.85. The van der Waals surface area contributed by atoms with Crippen molar-refractivity contribution in [2.24, 2.45) is 0 Å². The minimum absolute atomic E-state index is 0.369. The Kier molecular flexibility index (Phi) is 6.80. The van der Waals surface area contributed by atoms with Crippen LogP contribution in [0.25, 0.3) is 0 Å². The molecule has 0 aromatic heterocycles. The average molecular weight is 513 g/mol. The summed E-state index contributed by atoms with van der Waals surface area (Å²) in [6.45, 7) is 7.28. The van der Waals surface area contributed by atoms with E-state index in [2.05, 4.69) is 82.6 Å². The summed E-state index contributed by atoms with van der Waals surface area (Å²) < 4.78 is 22.0. The molecular formula is C32H36N2O4. The van der Waals surface area contributed by atoms with Crippen molar-refractivity contribution in [1.29, 1.82) is 0 Å². The van der Waals surface area contributed by atoms with E-state index in [9.17, 15) is 0 Å². The molecule has 0 N–H and O–H groups in total. The van der Waals surface area contributed by atoms with E-state index in [1.54, 1.807) is 0 Å².